The normalized spacial score (nSPS) is 22.6. The van der Waals surface area contributed by atoms with E-state index in [1.165, 1.54) is 6.07 Å². The van der Waals surface area contributed by atoms with Crippen molar-refractivity contribution in [1.82, 2.24) is 0 Å². The van der Waals surface area contributed by atoms with Crippen LogP contribution >= 0.6 is 24.0 Å². The van der Waals surface area contributed by atoms with E-state index in [0.29, 0.717) is 39.6 Å². The van der Waals surface area contributed by atoms with Crippen molar-refractivity contribution in [3.63, 3.8) is 0 Å². The number of carboxylic acids is 2. The van der Waals surface area contributed by atoms with Crippen LogP contribution in [0.5, 0.6) is 11.5 Å². The van der Waals surface area contributed by atoms with E-state index in [2.05, 4.69) is 30.7 Å². The fourth-order valence-electron chi connectivity index (χ4n) is 8.43. The smallest absolute Gasteiger partial charge is 0.318 e. The molecule has 4 aromatic carbocycles. The second-order valence-electron chi connectivity index (χ2n) is 15.8. The van der Waals surface area contributed by atoms with Gasteiger partial charge in [0, 0.05) is 46.8 Å². The molecule has 350 valence electrons. The van der Waals surface area contributed by atoms with E-state index in [1.54, 1.807) is 74.6 Å². The predicted octanol–water partition coefficient (Wildman–Crippen LogP) is 5.70. The molecular weight excluding hydrogens is 987 g/mol. The number of benzene rings is 4. The first-order chi connectivity index (χ1) is 30.9. The summed E-state index contributed by atoms with van der Waals surface area (Å²) in [4.78, 5) is 119. The maximum atomic E-state index is 13.1. The summed E-state index contributed by atoms with van der Waals surface area (Å²) < 4.78 is 14.6. The van der Waals surface area contributed by atoms with Crippen molar-refractivity contribution < 1.29 is 72.4 Å². The lowest BCUT2D eigenvalue weighted by molar-refractivity contribution is -0.179. The Morgan fingerprint density at radius 3 is 1.28 bits per heavy atom. The molecule has 2 saturated carbocycles. The molecule has 0 bridgehead atoms. The fourth-order valence-corrected chi connectivity index (χ4v) is 8.43. The first-order valence-electron chi connectivity index (χ1n) is 20.1. The Kier molecular flexibility index (Phi) is 15.3. The number of carbonyl (C=O) groups is 10. The molecule has 4 fully saturated rings. The molecule has 4 aliphatic rings. The number of rotatable bonds is 12. The first kappa shape index (κ1) is 50.5. The Labute approximate surface area is 399 Å². The second-order valence-corrected chi connectivity index (χ2v) is 15.8. The van der Waals surface area contributed by atoms with Crippen LogP contribution in [0.2, 0.25) is 0 Å². The number of amides is 3. The first-order valence-corrected chi connectivity index (χ1v) is 20.1. The molecule has 2 saturated heterocycles. The van der Waals surface area contributed by atoms with Crippen LogP contribution in [0.1, 0.15) is 46.2 Å². The Hall–Kier alpha value is -7.49. The molecule has 2 heterocycles. The number of cyclic esters (lactones) is 4. The molecular formula is C47H45IN4O15. The zero-order valence-corrected chi connectivity index (χ0v) is 37.6. The van der Waals surface area contributed by atoms with Gasteiger partial charge in [-0.3, -0.25) is 47.9 Å². The summed E-state index contributed by atoms with van der Waals surface area (Å²) in [5.41, 5.74) is 4.51. The van der Waals surface area contributed by atoms with E-state index >= 15 is 0 Å². The number of halogens is 1. The third-order valence-corrected chi connectivity index (χ3v) is 11.9. The van der Waals surface area contributed by atoms with Crippen LogP contribution in [-0.4, -0.2) is 76.6 Å². The number of Topliss-reactive ketones (excluding diaryl/α,β-unsaturated/α-hetero) is 1. The van der Waals surface area contributed by atoms with Gasteiger partial charge in [0.05, 0.1) is 41.4 Å². The highest BCUT2D eigenvalue weighted by Gasteiger charge is 2.72. The number of fused-ring (bicyclic) bond motifs is 4. The summed E-state index contributed by atoms with van der Waals surface area (Å²) in [6.45, 7) is 4.78. The number of carbonyl (C=O) groups excluding carboxylic acids is 8. The third-order valence-electron chi connectivity index (χ3n) is 11.9. The Morgan fingerprint density at radius 1 is 0.537 bits per heavy atom. The number of aliphatic carboxylic acids is 2. The van der Waals surface area contributed by atoms with Crippen molar-refractivity contribution in [3.8, 4) is 11.5 Å². The average molecular weight is 1030 g/mol. The van der Waals surface area contributed by atoms with Gasteiger partial charge in [0.15, 0.2) is 0 Å². The van der Waals surface area contributed by atoms with E-state index < -0.39 is 101 Å². The molecule has 19 nitrogen and oxygen atoms in total. The summed E-state index contributed by atoms with van der Waals surface area (Å²) in [7, 11) is 1.80. The molecule has 6 N–H and O–H groups in total. The lowest BCUT2D eigenvalue weighted by Crippen LogP contribution is -2.60. The third kappa shape index (κ3) is 10.0. The minimum Gasteiger partial charge on any atom is -0.481 e. The van der Waals surface area contributed by atoms with E-state index in [1.807, 2.05) is 25.1 Å². The number of anilines is 4. The van der Waals surface area contributed by atoms with Gasteiger partial charge in [0.25, 0.3) is 11.8 Å². The number of nitrogens with one attached hydrogen (secondary N) is 4. The zero-order valence-electron chi connectivity index (χ0n) is 35.3. The highest BCUT2D eigenvalue weighted by atomic mass is 127. The van der Waals surface area contributed by atoms with Crippen LogP contribution in [0.3, 0.4) is 0 Å². The molecule has 67 heavy (non-hydrogen) atoms. The van der Waals surface area contributed by atoms with Gasteiger partial charge in [-0.1, -0.05) is 19.6 Å². The van der Waals surface area contributed by atoms with Gasteiger partial charge in [-0.05, 0) is 105 Å². The van der Waals surface area contributed by atoms with Gasteiger partial charge in [-0.2, -0.15) is 0 Å². The van der Waals surface area contributed by atoms with Crippen molar-refractivity contribution in [2.45, 2.75) is 28.2 Å². The average Bonchev–Trinajstić information content (AvgIpc) is 3.60. The summed E-state index contributed by atoms with van der Waals surface area (Å²) in [6.07, 6.45) is 0. The zero-order chi connectivity index (χ0) is 47.0. The molecule has 0 aromatic heterocycles. The van der Waals surface area contributed by atoms with E-state index in [0.717, 1.165) is 18.2 Å². The highest BCUT2D eigenvalue weighted by Crippen LogP contribution is 2.55. The largest absolute Gasteiger partial charge is 0.481 e. The summed E-state index contributed by atoms with van der Waals surface area (Å²) in [6, 6.07) is 23.4. The minimum absolute atomic E-state index is 0. The van der Waals surface area contributed by atoms with Crippen LogP contribution in [0.4, 0.5) is 22.7 Å². The summed E-state index contributed by atoms with van der Waals surface area (Å²) in [5.74, 6) is -15.8. The molecule has 3 amide bonds. The Morgan fingerprint density at radius 2 is 0.910 bits per heavy atom. The maximum absolute atomic E-state index is 13.1. The molecule has 0 radical (unpaired) electrons. The molecule has 2 aliphatic heterocycles. The second kappa shape index (κ2) is 20.4. The van der Waals surface area contributed by atoms with E-state index in [4.69, 9.17) is 4.74 Å². The van der Waals surface area contributed by atoms with Crippen molar-refractivity contribution in [3.05, 3.63) is 107 Å². The van der Waals surface area contributed by atoms with Crippen LogP contribution in [0.25, 0.3) is 0 Å². The topological polar surface area (TPSA) is 287 Å². The van der Waals surface area contributed by atoms with Crippen LogP contribution in [-0.2, 0) is 47.8 Å². The standard InChI is InChI=1S/C38H36N4O9.C8H4O6.CH4.HI/c1-19-5-11-24(39-4)17-28(19)41-34(44)22-7-13-26(14-8-22)51-27-15-9-23(10-16-27)35(45)42-29-18-25(12-6-20(29)2)40-36(46)31-30(21(3)43)32(37(47)48)33(31)38(49)50;9-5-1-2(6(10)13-5)4-3(1)7(11)14-8(4)12;;/h5-18,30-33,39H,1-4H3,(H,40,46)(H,41,44)(H,42,45)(H,47,48)(H,49,50);1-4H;1H4;1H. The van der Waals surface area contributed by atoms with Crippen LogP contribution in [0.15, 0.2) is 84.9 Å². The Balaban J connectivity index is 0.000000442. The molecule has 8 rings (SSSR count). The number of hydrogen-bond acceptors (Lipinski definition) is 14. The molecule has 0 spiro atoms. The quantitative estimate of drug-likeness (QED) is 0.0563. The number of esters is 4. The molecule has 4 unspecified atom stereocenters. The van der Waals surface area contributed by atoms with Crippen molar-refractivity contribution >= 4 is 106 Å². The van der Waals surface area contributed by atoms with E-state index in [-0.39, 0.29) is 43.0 Å². The van der Waals surface area contributed by atoms with Gasteiger partial charge in [0.1, 0.15) is 17.3 Å². The SMILES string of the molecule is C.CNc1ccc(C)c(NC(=O)c2ccc(Oc3ccc(C(=O)Nc4cc(NC(=O)C5C(C(C)=O)C(C(=O)O)C5C(=O)O)ccc4C)cc3)cc2)c1.I.O=C1OC(=O)C2C1C1C(=O)OC(=O)C21. The van der Waals surface area contributed by atoms with E-state index in [9.17, 15) is 58.2 Å². The number of hydrogen-bond donors (Lipinski definition) is 6. The lowest BCUT2D eigenvalue weighted by Gasteiger charge is -2.45. The summed E-state index contributed by atoms with van der Waals surface area (Å²) in [5, 5.41) is 30.4. The molecule has 2 aliphatic carbocycles. The number of ether oxygens (including phenoxy) is 3. The number of aryl methyl sites for hydroxylation is 2. The van der Waals surface area contributed by atoms with Gasteiger partial charge in [-0.25, -0.2) is 0 Å². The highest BCUT2D eigenvalue weighted by molar-refractivity contribution is 14.0. The summed E-state index contributed by atoms with van der Waals surface area (Å²) >= 11 is 0. The van der Waals surface area contributed by atoms with Crippen LogP contribution < -0.4 is 26.0 Å². The maximum Gasteiger partial charge on any atom is 0.318 e. The predicted molar refractivity (Wildman–Crippen MR) is 248 cm³/mol. The number of carboxylic acid groups (broad SMARTS) is 2. The lowest BCUT2D eigenvalue weighted by atomic mass is 9.55. The fraction of sp³-hybridized carbons (Fsp3) is 0.277. The molecule has 4 atom stereocenters. The molecule has 4 aromatic rings. The van der Waals surface area contributed by atoms with Gasteiger partial charge in [0.2, 0.25) is 5.91 Å². The van der Waals surface area contributed by atoms with Gasteiger partial charge in [-0.15, -0.1) is 24.0 Å². The minimum atomic E-state index is -1.56. The van der Waals surface area contributed by atoms with Crippen molar-refractivity contribution in [2.75, 3.05) is 28.3 Å². The van der Waals surface area contributed by atoms with Crippen molar-refractivity contribution in [1.29, 1.82) is 0 Å². The monoisotopic (exact) mass is 1030 g/mol. The van der Waals surface area contributed by atoms with Crippen LogP contribution in [0, 0.1) is 61.2 Å². The number of ketones is 1. The molecule has 20 heteroatoms. The van der Waals surface area contributed by atoms with Gasteiger partial charge >= 0.3 is 35.8 Å². The Bertz CT molecular complexity index is 2600. The van der Waals surface area contributed by atoms with Gasteiger partial charge < -0.3 is 45.7 Å². The van der Waals surface area contributed by atoms with Crippen molar-refractivity contribution in [2.24, 2.45) is 47.3 Å².